The lowest BCUT2D eigenvalue weighted by Gasteiger charge is -2.33. The van der Waals surface area contributed by atoms with Gasteiger partial charge in [-0.05, 0) is 87.7 Å². The van der Waals surface area contributed by atoms with E-state index < -0.39 is 11.6 Å². The van der Waals surface area contributed by atoms with E-state index in [4.69, 9.17) is 22.3 Å². The predicted molar refractivity (Wildman–Crippen MR) is 156 cm³/mol. The number of carbonyl (C=O) groups is 2. The highest BCUT2D eigenvalue weighted by atomic mass is 35.5. The Bertz CT molecular complexity index is 1580. The Labute approximate surface area is 238 Å². The van der Waals surface area contributed by atoms with Gasteiger partial charge in [0.05, 0.1) is 22.8 Å². The third-order valence-electron chi connectivity index (χ3n) is 6.65. The molecule has 9 nitrogen and oxygen atoms in total. The van der Waals surface area contributed by atoms with E-state index in [2.05, 4.69) is 15.3 Å². The first-order valence-corrected chi connectivity index (χ1v) is 13.2. The van der Waals surface area contributed by atoms with Crippen LogP contribution in [0.25, 0.3) is 10.9 Å². The fourth-order valence-corrected chi connectivity index (χ4v) is 4.77. The molecule has 0 fully saturated rings. The van der Waals surface area contributed by atoms with Crippen molar-refractivity contribution in [2.24, 2.45) is 0 Å². The van der Waals surface area contributed by atoms with Crippen LogP contribution in [0.15, 0.2) is 48.7 Å². The van der Waals surface area contributed by atoms with Gasteiger partial charge in [-0.1, -0.05) is 17.7 Å². The number of pyridine rings is 3. The van der Waals surface area contributed by atoms with Gasteiger partial charge in [-0.15, -0.1) is 0 Å². The molecule has 0 saturated carbocycles. The molecular weight excluding hydrogens is 528 g/mol. The number of anilines is 1. The van der Waals surface area contributed by atoms with Crippen molar-refractivity contribution in [2.75, 3.05) is 5.73 Å². The Morgan fingerprint density at radius 3 is 2.45 bits per heavy atom. The van der Waals surface area contributed by atoms with Crippen LogP contribution in [0.3, 0.4) is 0 Å². The molecule has 3 heterocycles. The number of aromatic nitrogens is 3. The molecule has 4 rings (SSSR count). The summed E-state index contributed by atoms with van der Waals surface area (Å²) in [5.41, 5.74) is 11.0. The number of rotatable bonds is 7. The van der Waals surface area contributed by atoms with Crippen molar-refractivity contribution < 1.29 is 14.7 Å². The van der Waals surface area contributed by atoms with Gasteiger partial charge in [0.1, 0.15) is 5.82 Å². The summed E-state index contributed by atoms with van der Waals surface area (Å²) >= 11 is 6.14. The SMILES string of the molecule is Cc1cc(N)nc(C)c1CNC(=O)c1cc(Cc2ccc3ncc(Cl)cc3c2)nc(CN(C(=O)O)C(C)(C)C)c1. The average Bonchev–Trinajstić information content (AvgIpc) is 2.85. The summed E-state index contributed by atoms with van der Waals surface area (Å²) in [6.45, 7) is 9.54. The molecule has 0 unspecified atom stereocenters. The van der Waals surface area contributed by atoms with Gasteiger partial charge in [0, 0.05) is 47.0 Å². The number of hydrogen-bond donors (Lipinski definition) is 3. The highest BCUT2D eigenvalue weighted by Crippen LogP contribution is 2.22. The summed E-state index contributed by atoms with van der Waals surface area (Å²) in [7, 11) is 0. The summed E-state index contributed by atoms with van der Waals surface area (Å²) in [5, 5.41) is 14.3. The first-order valence-electron chi connectivity index (χ1n) is 12.9. The predicted octanol–water partition coefficient (Wildman–Crippen LogP) is 5.68. The van der Waals surface area contributed by atoms with Gasteiger partial charge in [0.15, 0.2) is 0 Å². The monoisotopic (exact) mass is 560 g/mol. The van der Waals surface area contributed by atoms with E-state index in [1.807, 2.05) is 58.9 Å². The number of nitrogens with zero attached hydrogens (tertiary/aromatic N) is 4. The second kappa shape index (κ2) is 11.5. The summed E-state index contributed by atoms with van der Waals surface area (Å²) in [6.07, 6.45) is 0.970. The maximum Gasteiger partial charge on any atom is 0.408 e. The van der Waals surface area contributed by atoms with E-state index in [-0.39, 0.29) is 19.0 Å². The molecule has 0 spiro atoms. The van der Waals surface area contributed by atoms with Crippen LogP contribution in [0.1, 0.15) is 64.9 Å². The quantitative estimate of drug-likeness (QED) is 0.265. The lowest BCUT2D eigenvalue weighted by Crippen LogP contribution is -2.44. The van der Waals surface area contributed by atoms with Crippen molar-refractivity contribution >= 4 is 40.3 Å². The van der Waals surface area contributed by atoms with Crippen molar-refractivity contribution in [1.29, 1.82) is 0 Å². The number of amides is 2. The third-order valence-corrected chi connectivity index (χ3v) is 6.86. The molecule has 2 amide bonds. The summed E-state index contributed by atoms with van der Waals surface area (Å²) in [6, 6.07) is 12.9. The Kier molecular flexibility index (Phi) is 8.25. The van der Waals surface area contributed by atoms with Crippen LogP contribution < -0.4 is 11.1 Å². The molecule has 0 radical (unpaired) electrons. The number of nitrogens with one attached hydrogen (secondary N) is 1. The topological polar surface area (TPSA) is 134 Å². The van der Waals surface area contributed by atoms with Crippen LogP contribution in [0.5, 0.6) is 0 Å². The highest BCUT2D eigenvalue weighted by Gasteiger charge is 2.27. The third kappa shape index (κ3) is 6.84. The fourth-order valence-electron chi connectivity index (χ4n) is 4.61. The number of hydrogen-bond acceptors (Lipinski definition) is 6. The molecule has 4 aromatic rings. The van der Waals surface area contributed by atoms with E-state index in [1.54, 1.807) is 24.4 Å². The minimum absolute atomic E-state index is 0.0320. The van der Waals surface area contributed by atoms with Crippen LogP contribution in [-0.2, 0) is 19.5 Å². The van der Waals surface area contributed by atoms with E-state index in [0.29, 0.717) is 34.2 Å². The smallest absolute Gasteiger partial charge is 0.408 e. The van der Waals surface area contributed by atoms with E-state index in [9.17, 15) is 14.7 Å². The van der Waals surface area contributed by atoms with Crippen molar-refractivity contribution in [3.63, 3.8) is 0 Å². The number of aryl methyl sites for hydroxylation is 2. The fraction of sp³-hybridized carbons (Fsp3) is 0.300. The minimum Gasteiger partial charge on any atom is -0.465 e. The van der Waals surface area contributed by atoms with Crippen LogP contribution in [0.4, 0.5) is 10.6 Å². The summed E-state index contributed by atoms with van der Waals surface area (Å²) in [5.74, 6) is 0.134. The Morgan fingerprint density at radius 2 is 1.77 bits per heavy atom. The van der Waals surface area contributed by atoms with Gasteiger partial charge in [-0.2, -0.15) is 0 Å². The van der Waals surface area contributed by atoms with E-state index in [1.165, 1.54) is 4.90 Å². The van der Waals surface area contributed by atoms with Crippen LogP contribution in [0, 0.1) is 13.8 Å². The molecule has 208 valence electrons. The molecule has 3 aromatic heterocycles. The molecule has 10 heteroatoms. The van der Waals surface area contributed by atoms with Gasteiger partial charge in [-0.3, -0.25) is 19.7 Å². The standard InChI is InChI=1S/C30H33ClN6O3/c1-17-8-27(32)35-18(2)25(17)15-34-28(38)21-12-23(36-24(13-21)16-37(29(39)40)30(3,4)5)10-19-6-7-26-20(9-19)11-22(31)14-33-26/h6-9,11-14H,10,15-16H2,1-5H3,(H2,32,35)(H,34,38)(H,39,40). The van der Waals surface area contributed by atoms with Crippen molar-refractivity contribution in [3.8, 4) is 0 Å². The molecule has 0 aliphatic rings. The molecule has 0 aliphatic carbocycles. The minimum atomic E-state index is -1.06. The van der Waals surface area contributed by atoms with Crippen LogP contribution in [0.2, 0.25) is 5.02 Å². The number of nitrogen functional groups attached to an aromatic ring is 1. The largest absolute Gasteiger partial charge is 0.465 e. The number of benzene rings is 1. The highest BCUT2D eigenvalue weighted by molar-refractivity contribution is 6.31. The molecule has 0 bridgehead atoms. The lowest BCUT2D eigenvalue weighted by atomic mass is 10.0. The second-order valence-corrected chi connectivity index (χ2v) is 11.3. The maximum atomic E-state index is 13.4. The average molecular weight is 561 g/mol. The molecule has 40 heavy (non-hydrogen) atoms. The normalized spacial score (nSPS) is 11.4. The zero-order valence-corrected chi connectivity index (χ0v) is 24.0. The van der Waals surface area contributed by atoms with Gasteiger partial charge < -0.3 is 16.2 Å². The molecule has 0 saturated heterocycles. The van der Waals surface area contributed by atoms with Crippen molar-refractivity contribution in [1.82, 2.24) is 25.2 Å². The number of fused-ring (bicyclic) bond motifs is 1. The maximum absolute atomic E-state index is 13.4. The van der Waals surface area contributed by atoms with E-state index >= 15 is 0 Å². The van der Waals surface area contributed by atoms with Gasteiger partial charge in [-0.25, -0.2) is 9.78 Å². The zero-order valence-electron chi connectivity index (χ0n) is 23.2. The van der Waals surface area contributed by atoms with Gasteiger partial charge in [0.2, 0.25) is 0 Å². The first kappa shape index (κ1) is 28.8. The number of carbonyl (C=O) groups excluding carboxylic acids is 1. The number of carboxylic acid groups (broad SMARTS) is 1. The lowest BCUT2D eigenvalue weighted by molar-refractivity contribution is 0.0946. The Hall–Kier alpha value is -4.24. The van der Waals surface area contributed by atoms with Gasteiger partial charge in [0.25, 0.3) is 5.91 Å². The summed E-state index contributed by atoms with van der Waals surface area (Å²) < 4.78 is 0. The second-order valence-electron chi connectivity index (χ2n) is 10.8. The molecule has 1 aromatic carbocycles. The summed E-state index contributed by atoms with van der Waals surface area (Å²) in [4.78, 5) is 40.1. The van der Waals surface area contributed by atoms with Crippen LogP contribution in [-0.4, -0.2) is 42.5 Å². The molecule has 4 N–H and O–H groups in total. The number of halogens is 1. The molecule has 0 aliphatic heterocycles. The van der Waals surface area contributed by atoms with Gasteiger partial charge >= 0.3 is 6.09 Å². The van der Waals surface area contributed by atoms with E-state index in [0.717, 1.165) is 33.3 Å². The first-order chi connectivity index (χ1) is 18.8. The molecular formula is C30H33ClN6O3. The number of nitrogens with two attached hydrogens (primary N) is 1. The van der Waals surface area contributed by atoms with Crippen LogP contribution >= 0.6 is 11.6 Å². The Morgan fingerprint density at radius 1 is 1.05 bits per heavy atom. The Balaban J connectivity index is 1.67. The molecule has 0 atom stereocenters. The zero-order chi connectivity index (χ0) is 29.2. The van der Waals surface area contributed by atoms with Crippen molar-refractivity contribution in [3.05, 3.63) is 93.0 Å². The van der Waals surface area contributed by atoms with Crippen molar-refractivity contribution in [2.45, 2.75) is 59.7 Å².